The van der Waals surface area contributed by atoms with Gasteiger partial charge in [0.05, 0.1) is 17.3 Å². The molecule has 1 aliphatic heterocycles. The van der Waals surface area contributed by atoms with Gasteiger partial charge in [0, 0.05) is 46.6 Å². The van der Waals surface area contributed by atoms with Crippen LogP contribution in [0.5, 0.6) is 5.75 Å². The number of carbonyl (C=O) groups is 1. The van der Waals surface area contributed by atoms with Crippen molar-refractivity contribution in [2.24, 2.45) is 10.8 Å². The number of fused-ring (bicyclic) bond motifs is 1. The average molecular weight is 628 g/mol. The number of nitrogens with zero attached hydrogens (tertiary/aromatic N) is 4. The molecule has 11 heteroatoms. The maximum Gasteiger partial charge on any atom is 0.416 e. The third kappa shape index (κ3) is 6.41. The Balaban J connectivity index is 1.43. The Morgan fingerprint density at radius 2 is 1.80 bits per heavy atom. The lowest BCUT2D eigenvalue weighted by molar-refractivity contribution is -0.137. The number of hydrogen-bond acceptors (Lipinski definition) is 4. The van der Waals surface area contributed by atoms with E-state index in [1.807, 2.05) is 62.8 Å². The van der Waals surface area contributed by atoms with E-state index in [4.69, 9.17) is 10.5 Å². The fourth-order valence-corrected chi connectivity index (χ4v) is 5.27. The smallest absolute Gasteiger partial charge is 0.416 e. The van der Waals surface area contributed by atoms with Crippen LogP contribution in [0.2, 0.25) is 0 Å². The zero-order valence-electron chi connectivity index (χ0n) is 22.5. The molecular formula is C30H29BrF3N5O2. The number of benzene rings is 3. The summed E-state index contributed by atoms with van der Waals surface area (Å²) >= 11 is 3.55. The topological polar surface area (TPSA) is 76.1 Å². The van der Waals surface area contributed by atoms with Crippen LogP contribution in [0.4, 0.5) is 18.0 Å². The van der Waals surface area contributed by atoms with Gasteiger partial charge in [-0.15, -0.1) is 0 Å². The molecule has 0 fully saturated rings. The van der Waals surface area contributed by atoms with Gasteiger partial charge >= 0.3 is 12.2 Å². The Bertz CT molecular complexity index is 1580. The summed E-state index contributed by atoms with van der Waals surface area (Å²) in [4.78, 5) is 14.5. The highest BCUT2D eigenvalue weighted by Gasteiger charge is 2.35. The van der Waals surface area contributed by atoms with Crippen LogP contribution in [0, 0.1) is 0 Å². The number of primary amides is 1. The first-order valence-electron chi connectivity index (χ1n) is 13.0. The zero-order valence-corrected chi connectivity index (χ0v) is 24.1. The number of urea groups is 1. The van der Waals surface area contributed by atoms with E-state index in [0.717, 1.165) is 50.9 Å². The SMILES string of the molecule is CN(C)CCOc1ccc(Cn2cc(C3CC(c4ccc(C(F)(F)F)cc4)=NN3C(N)=O)c3cc(Br)ccc32)cc1. The summed E-state index contributed by atoms with van der Waals surface area (Å²) in [5, 5.41) is 6.57. The molecule has 4 aromatic rings. The van der Waals surface area contributed by atoms with Gasteiger partial charge in [0.2, 0.25) is 0 Å². The summed E-state index contributed by atoms with van der Waals surface area (Å²) in [7, 11) is 3.99. The minimum absolute atomic E-state index is 0.304. The van der Waals surface area contributed by atoms with Crippen LogP contribution in [0.3, 0.4) is 0 Å². The number of hydrogen-bond donors (Lipinski definition) is 1. The van der Waals surface area contributed by atoms with Crippen molar-refractivity contribution in [2.75, 3.05) is 27.2 Å². The van der Waals surface area contributed by atoms with Crippen LogP contribution in [0.1, 0.15) is 34.7 Å². The summed E-state index contributed by atoms with van der Waals surface area (Å²) in [6.07, 6.45) is -2.14. The summed E-state index contributed by atoms with van der Waals surface area (Å²) in [5.74, 6) is 0.800. The molecule has 0 spiro atoms. The first-order chi connectivity index (χ1) is 19.5. The predicted octanol–water partition coefficient (Wildman–Crippen LogP) is 6.64. The maximum absolute atomic E-state index is 13.1. The lowest BCUT2D eigenvalue weighted by Crippen LogP contribution is -2.31. The standard InChI is InChI=1S/C30H29BrF3N5O2/c1-37(2)13-14-41-23-10-3-19(4-11-23)17-38-18-25(24-15-22(31)9-12-27(24)38)28-16-26(36-39(28)29(35)40)20-5-7-21(8-6-20)30(32,33)34/h3-12,15,18,28H,13-14,16-17H2,1-2H3,(H2,35,40). The Hall–Kier alpha value is -3.83. The van der Waals surface area contributed by atoms with E-state index in [9.17, 15) is 18.0 Å². The van der Waals surface area contributed by atoms with Crippen LogP contribution < -0.4 is 10.5 Å². The maximum atomic E-state index is 13.1. The first-order valence-corrected chi connectivity index (χ1v) is 13.8. The molecule has 214 valence electrons. The van der Waals surface area contributed by atoms with E-state index in [1.165, 1.54) is 17.1 Å². The second-order valence-corrected chi connectivity index (χ2v) is 11.1. The quantitative estimate of drug-likeness (QED) is 0.238. The van der Waals surface area contributed by atoms with Crippen molar-refractivity contribution in [2.45, 2.75) is 25.2 Å². The number of ether oxygens (including phenoxy) is 1. The molecular weight excluding hydrogens is 599 g/mol. The number of aromatic nitrogens is 1. The van der Waals surface area contributed by atoms with Crippen molar-refractivity contribution in [1.82, 2.24) is 14.5 Å². The van der Waals surface area contributed by atoms with Gasteiger partial charge in [-0.05, 0) is 67.7 Å². The normalized spacial score (nSPS) is 15.5. The summed E-state index contributed by atoms with van der Waals surface area (Å²) < 4.78 is 48.0. The molecule has 41 heavy (non-hydrogen) atoms. The van der Waals surface area contributed by atoms with Crippen LogP contribution in [0.25, 0.3) is 10.9 Å². The Labute approximate surface area is 244 Å². The molecule has 1 atom stereocenters. The monoisotopic (exact) mass is 627 g/mol. The Morgan fingerprint density at radius 3 is 2.44 bits per heavy atom. The van der Waals surface area contributed by atoms with E-state index in [-0.39, 0.29) is 0 Å². The van der Waals surface area contributed by atoms with E-state index in [0.29, 0.717) is 30.8 Å². The fourth-order valence-electron chi connectivity index (χ4n) is 4.91. The largest absolute Gasteiger partial charge is 0.492 e. The summed E-state index contributed by atoms with van der Waals surface area (Å²) in [5.41, 5.74) is 8.83. The number of alkyl halides is 3. The molecule has 3 aromatic carbocycles. The third-order valence-corrected chi connectivity index (χ3v) is 7.49. The van der Waals surface area contributed by atoms with Crippen molar-refractivity contribution >= 4 is 38.6 Å². The number of halogens is 4. The molecule has 0 bridgehead atoms. The van der Waals surface area contributed by atoms with Crippen molar-refractivity contribution in [3.05, 3.63) is 99.7 Å². The molecule has 2 amide bonds. The number of carbonyl (C=O) groups excluding carboxylic acids is 1. The number of nitrogens with two attached hydrogens (primary N) is 1. The minimum atomic E-state index is -4.44. The van der Waals surface area contributed by atoms with Gasteiger partial charge in [-0.1, -0.05) is 40.2 Å². The third-order valence-electron chi connectivity index (χ3n) is 7.00. The number of rotatable bonds is 8. The van der Waals surface area contributed by atoms with Crippen molar-refractivity contribution in [3.8, 4) is 5.75 Å². The Kier molecular flexibility index (Phi) is 8.10. The molecule has 0 saturated carbocycles. The molecule has 1 aliphatic rings. The number of likely N-dealkylation sites (N-methyl/N-ethyl adjacent to an activating group) is 1. The molecule has 2 N–H and O–H groups in total. The van der Waals surface area contributed by atoms with Crippen molar-refractivity contribution in [1.29, 1.82) is 0 Å². The van der Waals surface area contributed by atoms with Crippen LogP contribution in [-0.2, 0) is 12.7 Å². The second kappa shape index (κ2) is 11.6. The van der Waals surface area contributed by atoms with Crippen molar-refractivity contribution in [3.63, 3.8) is 0 Å². The molecule has 1 aromatic heterocycles. The molecule has 7 nitrogen and oxygen atoms in total. The zero-order chi connectivity index (χ0) is 29.3. The average Bonchev–Trinajstić information content (AvgIpc) is 3.51. The van der Waals surface area contributed by atoms with E-state index in [2.05, 4.69) is 30.5 Å². The summed E-state index contributed by atoms with van der Waals surface area (Å²) in [6, 6.07) is 17.4. The number of amides is 2. The van der Waals surface area contributed by atoms with Gasteiger partial charge in [0.25, 0.3) is 0 Å². The highest BCUT2D eigenvalue weighted by atomic mass is 79.9. The van der Waals surface area contributed by atoms with Crippen LogP contribution in [-0.4, -0.2) is 53.5 Å². The highest BCUT2D eigenvalue weighted by molar-refractivity contribution is 9.10. The van der Waals surface area contributed by atoms with E-state index in [1.54, 1.807) is 0 Å². The first kappa shape index (κ1) is 28.7. The molecule has 0 radical (unpaired) electrons. The van der Waals surface area contributed by atoms with Gasteiger partial charge in [-0.3, -0.25) is 0 Å². The minimum Gasteiger partial charge on any atom is -0.492 e. The molecule has 0 aliphatic carbocycles. The van der Waals surface area contributed by atoms with Crippen LogP contribution in [0.15, 0.2) is 82.5 Å². The van der Waals surface area contributed by atoms with E-state index >= 15 is 0 Å². The van der Waals surface area contributed by atoms with Crippen molar-refractivity contribution < 1.29 is 22.7 Å². The van der Waals surface area contributed by atoms with Gasteiger partial charge in [-0.25, -0.2) is 9.80 Å². The Morgan fingerprint density at radius 1 is 1.10 bits per heavy atom. The highest BCUT2D eigenvalue weighted by Crippen LogP contribution is 2.39. The second-order valence-electron chi connectivity index (χ2n) is 10.2. The van der Waals surface area contributed by atoms with Gasteiger partial charge in [0.15, 0.2) is 0 Å². The van der Waals surface area contributed by atoms with E-state index < -0.39 is 23.8 Å². The molecule has 0 saturated heterocycles. The molecule has 2 heterocycles. The number of hydrazone groups is 1. The fraction of sp³-hybridized carbons (Fsp3) is 0.267. The molecule has 5 rings (SSSR count). The predicted molar refractivity (Wildman–Crippen MR) is 156 cm³/mol. The lowest BCUT2D eigenvalue weighted by atomic mass is 9.97. The van der Waals surface area contributed by atoms with Crippen LogP contribution >= 0.6 is 15.9 Å². The summed E-state index contributed by atoms with van der Waals surface area (Å²) in [6.45, 7) is 2.00. The lowest BCUT2D eigenvalue weighted by Gasteiger charge is -2.19. The molecule has 1 unspecified atom stereocenters. The van der Waals surface area contributed by atoms with Gasteiger partial charge in [0.1, 0.15) is 12.4 Å². The van der Waals surface area contributed by atoms with Gasteiger partial charge in [-0.2, -0.15) is 18.3 Å². The van der Waals surface area contributed by atoms with Gasteiger partial charge < -0.3 is 19.9 Å².